The second kappa shape index (κ2) is 11.7. The molecule has 1 aliphatic heterocycles. The lowest BCUT2D eigenvalue weighted by Gasteiger charge is -2.47. The lowest BCUT2D eigenvalue weighted by Crippen LogP contribution is -2.53. The molecule has 2 bridgehead atoms. The van der Waals surface area contributed by atoms with Gasteiger partial charge in [0.25, 0.3) is 5.91 Å². The van der Waals surface area contributed by atoms with Gasteiger partial charge in [0.1, 0.15) is 17.5 Å². The van der Waals surface area contributed by atoms with Gasteiger partial charge in [-0.25, -0.2) is 9.78 Å². The number of benzene rings is 1. The largest absolute Gasteiger partial charge is 0.506 e. The van der Waals surface area contributed by atoms with E-state index in [0.717, 1.165) is 51.6 Å². The number of nitrogens with zero attached hydrogens (tertiary/aromatic N) is 4. The molecule has 1 saturated heterocycles. The number of halogens is 3. The topological polar surface area (TPSA) is 120 Å². The van der Waals surface area contributed by atoms with Gasteiger partial charge in [0, 0.05) is 30.5 Å². The van der Waals surface area contributed by atoms with Crippen molar-refractivity contribution in [3.8, 4) is 0 Å². The molecule has 1 amide bonds. The van der Waals surface area contributed by atoms with Crippen LogP contribution < -0.4 is 10.6 Å². The standard InChI is InChI=1S/C28H35F3N6O4/c1-36-13-11-20(12-14-36)37(2)25(38)18-7-9-19(10-8-18)33-26-32-15-21(28(29,30)31)24(35-26)34-22-16-3-5-17(6-4-16)23(22)41-27(39)40/h7-10,15-17,20,22-23H,3-6,11-14H2,1-2H3,(H,39,40)(H2,32,33,34,35). The van der Waals surface area contributed by atoms with E-state index >= 15 is 0 Å². The minimum Gasteiger partial charge on any atom is -0.450 e. The molecule has 4 fully saturated rings. The average molecular weight is 577 g/mol. The van der Waals surface area contributed by atoms with E-state index in [2.05, 4.69) is 32.5 Å². The summed E-state index contributed by atoms with van der Waals surface area (Å²) in [7, 11) is 3.87. The van der Waals surface area contributed by atoms with Crippen LogP contribution in [-0.4, -0.2) is 82.3 Å². The maximum Gasteiger partial charge on any atom is 0.506 e. The number of amides is 1. The van der Waals surface area contributed by atoms with Crippen molar-refractivity contribution in [3.05, 3.63) is 41.6 Å². The lowest BCUT2D eigenvalue weighted by molar-refractivity contribution is -0.137. The molecule has 13 heteroatoms. The Balaban J connectivity index is 1.32. The van der Waals surface area contributed by atoms with Crippen molar-refractivity contribution in [3.63, 3.8) is 0 Å². The summed E-state index contributed by atoms with van der Waals surface area (Å²) in [4.78, 5) is 36.4. The number of carboxylic acid groups (broad SMARTS) is 1. The molecule has 1 aromatic carbocycles. The van der Waals surface area contributed by atoms with Gasteiger partial charge in [-0.2, -0.15) is 18.2 Å². The number of nitrogens with one attached hydrogen (secondary N) is 2. The Morgan fingerprint density at radius 3 is 2.29 bits per heavy atom. The molecule has 4 aliphatic rings. The number of carbonyl (C=O) groups is 2. The molecular weight excluding hydrogens is 541 g/mol. The number of likely N-dealkylation sites (tertiary alicyclic amines) is 1. The molecular formula is C28H35F3N6O4. The third-order valence-corrected chi connectivity index (χ3v) is 8.72. The van der Waals surface area contributed by atoms with Crippen molar-refractivity contribution < 1.29 is 32.6 Å². The van der Waals surface area contributed by atoms with Crippen molar-refractivity contribution in [2.45, 2.75) is 62.9 Å². The molecule has 0 spiro atoms. The molecule has 222 valence electrons. The van der Waals surface area contributed by atoms with E-state index in [1.54, 1.807) is 36.2 Å². The second-order valence-corrected chi connectivity index (χ2v) is 11.3. The first-order valence-corrected chi connectivity index (χ1v) is 13.9. The van der Waals surface area contributed by atoms with Crippen LogP contribution in [0.4, 0.5) is 35.4 Å². The molecule has 2 atom stereocenters. The Kier molecular flexibility index (Phi) is 8.25. The molecule has 10 nitrogen and oxygen atoms in total. The highest BCUT2D eigenvalue weighted by Crippen LogP contribution is 2.45. The van der Waals surface area contributed by atoms with Crippen molar-refractivity contribution >= 4 is 29.5 Å². The zero-order valence-electron chi connectivity index (χ0n) is 23.0. The number of fused-ring (bicyclic) bond motifs is 3. The van der Waals surface area contributed by atoms with Gasteiger partial charge in [0.2, 0.25) is 5.95 Å². The summed E-state index contributed by atoms with van der Waals surface area (Å²) in [6, 6.07) is 6.16. The van der Waals surface area contributed by atoms with Gasteiger partial charge in [-0.3, -0.25) is 4.79 Å². The van der Waals surface area contributed by atoms with Crippen LogP contribution in [0.5, 0.6) is 0 Å². The van der Waals surface area contributed by atoms with Gasteiger partial charge < -0.3 is 30.3 Å². The van der Waals surface area contributed by atoms with Gasteiger partial charge in [-0.15, -0.1) is 0 Å². The van der Waals surface area contributed by atoms with Crippen LogP contribution in [-0.2, 0) is 10.9 Å². The van der Waals surface area contributed by atoms with Crippen LogP contribution >= 0.6 is 0 Å². The molecule has 0 radical (unpaired) electrons. The Labute approximate surface area is 236 Å². The van der Waals surface area contributed by atoms with Crippen molar-refractivity contribution in [1.82, 2.24) is 19.8 Å². The zero-order chi connectivity index (χ0) is 29.3. The number of hydrogen-bond acceptors (Lipinski definition) is 8. The Hall–Kier alpha value is -3.61. The van der Waals surface area contributed by atoms with Crippen LogP contribution in [0.15, 0.2) is 30.5 Å². The van der Waals surface area contributed by atoms with E-state index in [1.807, 2.05) is 0 Å². The molecule has 41 heavy (non-hydrogen) atoms. The summed E-state index contributed by atoms with van der Waals surface area (Å²) >= 11 is 0. The fraction of sp³-hybridized carbons (Fsp3) is 0.571. The Morgan fingerprint density at radius 1 is 1.05 bits per heavy atom. The quantitative estimate of drug-likeness (QED) is 0.388. The van der Waals surface area contributed by atoms with E-state index in [4.69, 9.17) is 4.74 Å². The molecule has 2 heterocycles. The summed E-state index contributed by atoms with van der Waals surface area (Å²) < 4.78 is 46.8. The third kappa shape index (κ3) is 6.50. The third-order valence-electron chi connectivity index (χ3n) is 8.72. The summed E-state index contributed by atoms with van der Waals surface area (Å²) in [5.74, 6) is -0.683. The van der Waals surface area contributed by atoms with E-state index in [9.17, 15) is 27.9 Å². The fourth-order valence-electron chi connectivity index (χ4n) is 6.37. The summed E-state index contributed by atoms with van der Waals surface area (Å²) in [5, 5.41) is 15.0. The first kappa shape index (κ1) is 28.9. The number of piperidine rings is 1. The number of aromatic nitrogens is 2. The maximum atomic E-state index is 13.9. The van der Waals surface area contributed by atoms with E-state index < -0.39 is 35.9 Å². The normalized spacial score (nSPS) is 25.0. The van der Waals surface area contributed by atoms with Gasteiger partial charge in [-0.05, 0) is 94.8 Å². The number of alkyl halides is 3. The molecule has 6 rings (SSSR count). The minimum absolute atomic E-state index is 0.0328. The van der Waals surface area contributed by atoms with Crippen LogP contribution in [0.1, 0.15) is 54.4 Å². The van der Waals surface area contributed by atoms with Crippen molar-refractivity contribution in [1.29, 1.82) is 0 Å². The molecule has 3 N–H and O–H groups in total. The Bertz CT molecular complexity index is 1240. The van der Waals surface area contributed by atoms with Crippen LogP contribution in [0, 0.1) is 11.8 Å². The fourth-order valence-corrected chi connectivity index (χ4v) is 6.37. The van der Waals surface area contributed by atoms with Crippen molar-refractivity contribution in [2.75, 3.05) is 37.8 Å². The monoisotopic (exact) mass is 576 g/mol. The number of rotatable bonds is 7. The molecule has 1 aromatic heterocycles. The van der Waals surface area contributed by atoms with Crippen LogP contribution in [0.2, 0.25) is 0 Å². The first-order chi connectivity index (χ1) is 19.5. The summed E-state index contributed by atoms with van der Waals surface area (Å²) in [5.41, 5.74) is -0.0426. The predicted octanol–water partition coefficient (Wildman–Crippen LogP) is 5.07. The highest BCUT2D eigenvalue weighted by molar-refractivity contribution is 5.94. The molecule has 3 aliphatic carbocycles. The SMILES string of the molecule is CN1CCC(N(C)C(=O)c2ccc(Nc3ncc(C(F)(F)F)c(NC4C5CCC(CC5)C4OC(=O)O)n3)cc2)CC1. The minimum atomic E-state index is -4.72. The van der Waals surface area contributed by atoms with Crippen LogP contribution in [0.25, 0.3) is 0 Å². The van der Waals surface area contributed by atoms with Gasteiger partial charge in [0.05, 0.1) is 6.04 Å². The van der Waals surface area contributed by atoms with Gasteiger partial charge in [-0.1, -0.05) is 0 Å². The van der Waals surface area contributed by atoms with Crippen LogP contribution in [0.3, 0.4) is 0 Å². The highest BCUT2D eigenvalue weighted by atomic mass is 19.4. The number of anilines is 3. The smallest absolute Gasteiger partial charge is 0.450 e. The average Bonchev–Trinajstić information content (AvgIpc) is 2.94. The maximum absolute atomic E-state index is 13.9. The number of carbonyl (C=O) groups excluding carboxylic acids is 1. The number of hydrogen-bond donors (Lipinski definition) is 3. The van der Waals surface area contributed by atoms with E-state index in [0.29, 0.717) is 17.4 Å². The predicted molar refractivity (Wildman–Crippen MR) is 145 cm³/mol. The van der Waals surface area contributed by atoms with Gasteiger partial charge >= 0.3 is 12.3 Å². The Morgan fingerprint density at radius 2 is 1.68 bits per heavy atom. The molecule has 2 aromatic rings. The van der Waals surface area contributed by atoms with Crippen molar-refractivity contribution in [2.24, 2.45) is 11.8 Å². The van der Waals surface area contributed by atoms with E-state index in [-0.39, 0.29) is 29.7 Å². The second-order valence-electron chi connectivity index (χ2n) is 11.3. The van der Waals surface area contributed by atoms with Gasteiger partial charge in [0.15, 0.2) is 0 Å². The molecule has 2 unspecified atom stereocenters. The molecule has 3 saturated carbocycles. The zero-order valence-corrected chi connectivity index (χ0v) is 23.0. The first-order valence-electron chi connectivity index (χ1n) is 13.9. The van der Waals surface area contributed by atoms with E-state index in [1.165, 1.54) is 0 Å². The summed E-state index contributed by atoms with van der Waals surface area (Å²) in [6.07, 6.45) is -1.31. The highest BCUT2D eigenvalue weighted by Gasteiger charge is 2.47. The number of ether oxygens (including phenoxy) is 1. The summed E-state index contributed by atoms with van der Waals surface area (Å²) in [6.45, 7) is 1.87. The lowest BCUT2D eigenvalue weighted by atomic mass is 9.66.